The topological polar surface area (TPSA) is 63.7 Å². The van der Waals surface area contributed by atoms with Crippen molar-refractivity contribution < 1.29 is 23.6 Å². The molecule has 1 aliphatic heterocycles. The number of halogens is 3. The number of rotatable bonds is 2. The van der Waals surface area contributed by atoms with Crippen LogP contribution >= 0.6 is 23.2 Å². The van der Waals surface area contributed by atoms with Crippen LogP contribution in [0.4, 0.5) is 4.39 Å². The molecule has 0 bridgehead atoms. The summed E-state index contributed by atoms with van der Waals surface area (Å²) in [7, 11) is 0. The molecule has 0 N–H and O–H groups in total. The SMILES string of the molecule is O=C(ON1C(=O)c2ccccc2C1=O)c1cc(Cl)c(F)cc1Cl. The van der Waals surface area contributed by atoms with E-state index in [0.717, 1.165) is 12.1 Å². The van der Waals surface area contributed by atoms with E-state index >= 15 is 0 Å². The van der Waals surface area contributed by atoms with Crippen molar-refractivity contribution in [3.63, 3.8) is 0 Å². The third kappa shape index (κ3) is 2.56. The first-order valence-corrected chi connectivity index (χ1v) is 7.00. The lowest BCUT2D eigenvalue weighted by Gasteiger charge is -2.13. The van der Waals surface area contributed by atoms with Crippen LogP contribution in [0, 0.1) is 5.82 Å². The van der Waals surface area contributed by atoms with Crippen molar-refractivity contribution in [1.82, 2.24) is 5.06 Å². The Morgan fingerprint density at radius 2 is 1.57 bits per heavy atom. The largest absolute Gasteiger partial charge is 0.365 e. The molecule has 1 aliphatic rings. The summed E-state index contributed by atoms with van der Waals surface area (Å²) in [6.45, 7) is 0. The minimum absolute atomic E-state index is 0.119. The van der Waals surface area contributed by atoms with Crippen LogP contribution < -0.4 is 0 Å². The molecule has 0 fully saturated rings. The van der Waals surface area contributed by atoms with Crippen molar-refractivity contribution >= 4 is 41.0 Å². The molecule has 116 valence electrons. The lowest BCUT2D eigenvalue weighted by Crippen LogP contribution is -2.32. The zero-order valence-electron chi connectivity index (χ0n) is 11.2. The molecule has 2 aromatic carbocycles. The number of hydrogen-bond donors (Lipinski definition) is 0. The molecule has 1 heterocycles. The lowest BCUT2D eigenvalue weighted by molar-refractivity contribution is -0.0584. The van der Waals surface area contributed by atoms with E-state index in [0.29, 0.717) is 5.06 Å². The number of nitrogens with zero attached hydrogens (tertiary/aromatic N) is 1. The first-order chi connectivity index (χ1) is 10.9. The number of amides is 2. The molecule has 8 heteroatoms. The summed E-state index contributed by atoms with van der Waals surface area (Å²) < 4.78 is 13.2. The van der Waals surface area contributed by atoms with Gasteiger partial charge in [0.25, 0.3) is 11.8 Å². The van der Waals surface area contributed by atoms with Crippen LogP contribution in [0.3, 0.4) is 0 Å². The van der Waals surface area contributed by atoms with E-state index in [4.69, 9.17) is 28.0 Å². The highest BCUT2D eigenvalue weighted by molar-refractivity contribution is 6.35. The molecule has 0 aliphatic carbocycles. The lowest BCUT2D eigenvalue weighted by atomic mass is 10.1. The summed E-state index contributed by atoms with van der Waals surface area (Å²) in [5, 5.41) is -0.266. The molecule has 0 spiro atoms. The van der Waals surface area contributed by atoms with E-state index in [1.165, 1.54) is 12.1 Å². The molecule has 0 saturated carbocycles. The maximum Gasteiger partial charge on any atom is 0.365 e. The van der Waals surface area contributed by atoms with E-state index in [1.54, 1.807) is 12.1 Å². The first kappa shape index (κ1) is 15.5. The zero-order chi connectivity index (χ0) is 16.7. The van der Waals surface area contributed by atoms with Crippen LogP contribution in [0.2, 0.25) is 10.0 Å². The fourth-order valence-electron chi connectivity index (χ4n) is 2.06. The molecule has 0 unspecified atom stereocenters. The van der Waals surface area contributed by atoms with Gasteiger partial charge in [-0.15, -0.1) is 0 Å². The smallest absolute Gasteiger partial charge is 0.324 e. The average Bonchev–Trinajstić information content (AvgIpc) is 2.76. The van der Waals surface area contributed by atoms with Crippen LogP contribution in [0.5, 0.6) is 0 Å². The van der Waals surface area contributed by atoms with Crippen LogP contribution in [0.25, 0.3) is 0 Å². The molecule has 0 atom stereocenters. The van der Waals surface area contributed by atoms with Gasteiger partial charge in [-0.05, 0) is 24.3 Å². The summed E-state index contributed by atoms with van der Waals surface area (Å²) in [4.78, 5) is 41.1. The first-order valence-electron chi connectivity index (χ1n) is 6.25. The van der Waals surface area contributed by atoms with Gasteiger partial charge in [-0.3, -0.25) is 9.59 Å². The van der Waals surface area contributed by atoms with Gasteiger partial charge in [0, 0.05) is 0 Å². The van der Waals surface area contributed by atoms with Gasteiger partial charge < -0.3 is 4.84 Å². The highest BCUT2D eigenvalue weighted by atomic mass is 35.5. The molecule has 2 amide bonds. The third-order valence-corrected chi connectivity index (χ3v) is 3.76. The highest BCUT2D eigenvalue weighted by Gasteiger charge is 2.39. The molecule has 2 aromatic rings. The van der Waals surface area contributed by atoms with Gasteiger partial charge >= 0.3 is 5.97 Å². The molecule has 23 heavy (non-hydrogen) atoms. The van der Waals surface area contributed by atoms with Crippen molar-refractivity contribution in [3.05, 3.63) is 69.0 Å². The predicted octanol–water partition coefficient (Wildman–Crippen LogP) is 3.50. The van der Waals surface area contributed by atoms with Gasteiger partial charge in [-0.1, -0.05) is 40.4 Å². The standard InChI is InChI=1S/C15H6Cl2FNO4/c16-10-6-12(18)11(17)5-9(10)15(22)23-19-13(20)7-3-1-2-4-8(7)14(19)21/h1-6H. The number of hydrogen-bond acceptors (Lipinski definition) is 4. The van der Waals surface area contributed by atoms with Crippen LogP contribution in [0.1, 0.15) is 31.1 Å². The molecule has 3 rings (SSSR count). The number of imide groups is 1. The Morgan fingerprint density at radius 3 is 2.13 bits per heavy atom. The van der Waals surface area contributed by atoms with E-state index in [2.05, 4.69) is 0 Å². The van der Waals surface area contributed by atoms with Gasteiger partial charge in [0.1, 0.15) is 5.82 Å². The number of hydroxylamine groups is 2. The maximum absolute atomic E-state index is 13.2. The van der Waals surface area contributed by atoms with Gasteiger partial charge in [-0.2, -0.15) is 0 Å². The Labute approximate surface area is 139 Å². The number of benzene rings is 2. The van der Waals surface area contributed by atoms with E-state index in [9.17, 15) is 18.8 Å². The molecule has 5 nitrogen and oxygen atoms in total. The Hall–Kier alpha value is -2.44. The Bertz CT molecular complexity index is 834. The maximum atomic E-state index is 13.2. The van der Waals surface area contributed by atoms with Crippen LogP contribution in [-0.2, 0) is 4.84 Å². The Morgan fingerprint density at radius 1 is 1.00 bits per heavy atom. The summed E-state index contributed by atoms with van der Waals surface area (Å²) in [5.74, 6) is -3.47. The summed E-state index contributed by atoms with van der Waals surface area (Å²) in [6, 6.07) is 7.82. The average molecular weight is 354 g/mol. The molecular formula is C15H6Cl2FNO4. The molecule has 0 aromatic heterocycles. The second-order valence-corrected chi connectivity index (χ2v) is 5.39. The van der Waals surface area contributed by atoms with Crippen molar-refractivity contribution in [1.29, 1.82) is 0 Å². The third-order valence-electron chi connectivity index (χ3n) is 3.16. The molecule has 0 radical (unpaired) electrons. The fourth-order valence-corrected chi connectivity index (χ4v) is 2.45. The van der Waals surface area contributed by atoms with Gasteiger partial charge in [0.05, 0.1) is 26.7 Å². The Balaban J connectivity index is 1.89. The normalized spacial score (nSPS) is 13.3. The van der Waals surface area contributed by atoms with Crippen molar-refractivity contribution in [2.75, 3.05) is 0 Å². The van der Waals surface area contributed by atoms with Gasteiger partial charge in [0.15, 0.2) is 0 Å². The van der Waals surface area contributed by atoms with E-state index < -0.39 is 23.6 Å². The quantitative estimate of drug-likeness (QED) is 0.612. The second-order valence-electron chi connectivity index (χ2n) is 4.58. The molecule has 0 saturated heterocycles. The highest BCUT2D eigenvalue weighted by Crippen LogP contribution is 2.27. The summed E-state index contributed by atoms with van der Waals surface area (Å²) in [6.07, 6.45) is 0. The van der Waals surface area contributed by atoms with E-state index in [-0.39, 0.29) is 26.7 Å². The molecular weight excluding hydrogens is 348 g/mol. The summed E-state index contributed by atoms with van der Waals surface area (Å²) >= 11 is 11.3. The Kier molecular flexibility index (Phi) is 3.79. The van der Waals surface area contributed by atoms with Crippen LogP contribution in [0.15, 0.2) is 36.4 Å². The minimum Gasteiger partial charge on any atom is -0.324 e. The van der Waals surface area contributed by atoms with Crippen molar-refractivity contribution in [2.45, 2.75) is 0 Å². The zero-order valence-corrected chi connectivity index (χ0v) is 12.7. The van der Waals surface area contributed by atoms with Crippen molar-refractivity contribution in [2.24, 2.45) is 0 Å². The summed E-state index contributed by atoms with van der Waals surface area (Å²) in [5.41, 5.74) is -0.0308. The van der Waals surface area contributed by atoms with E-state index in [1.807, 2.05) is 0 Å². The predicted molar refractivity (Wildman–Crippen MR) is 78.8 cm³/mol. The minimum atomic E-state index is -1.11. The van der Waals surface area contributed by atoms with Gasteiger partial charge in [0.2, 0.25) is 0 Å². The fraction of sp³-hybridized carbons (Fsp3) is 0. The van der Waals surface area contributed by atoms with Crippen LogP contribution in [-0.4, -0.2) is 22.8 Å². The van der Waals surface area contributed by atoms with Gasteiger partial charge in [-0.25, -0.2) is 9.18 Å². The number of carbonyl (C=O) groups is 3. The monoisotopic (exact) mass is 353 g/mol. The number of carbonyl (C=O) groups excluding carboxylic acids is 3. The second kappa shape index (κ2) is 5.64. The van der Waals surface area contributed by atoms with Crippen molar-refractivity contribution in [3.8, 4) is 0 Å². The number of fused-ring (bicyclic) bond motifs is 1.